The minimum Gasteiger partial charge on any atom is -0.387 e. The van der Waals surface area contributed by atoms with Crippen molar-refractivity contribution in [1.82, 2.24) is 10.2 Å². The van der Waals surface area contributed by atoms with Gasteiger partial charge >= 0.3 is 0 Å². The molecule has 3 heterocycles. The maximum absolute atomic E-state index is 11.1. The van der Waals surface area contributed by atoms with Crippen molar-refractivity contribution in [3.8, 4) is 0 Å². The fraction of sp³-hybridized carbons (Fsp3) is 0.750. The zero-order valence-corrected chi connectivity index (χ0v) is 13.2. The average molecular weight is 294 g/mol. The van der Waals surface area contributed by atoms with Crippen molar-refractivity contribution >= 4 is 11.3 Å². The Kier molecular flexibility index (Phi) is 4.46. The van der Waals surface area contributed by atoms with Crippen molar-refractivity contribution in [2.24, 2.45) is 0 Å². The van der Waals surface area contributed by atoms with Crippen LogP contribution in [0.5, 0.6) is 0 Å². The SMILES string of the molecule is Cc1ccsc1CNC[C@]1(O)CCCN2CCCC[C@@H]21. The third-order valence-corrected chi connectivity index (χ3v) is 6.00. The van der Waals surface area contributed by atoms with Gasteiger partial charge in [-0.05, 0) is 62.7 Å². The Morgan fingerprint density at radius 3 is 3.05 bits per heavy atom. The quantitative estimate of drug-likeness (QED) is 0.896. The molecule has 2 aliphatic heterocycles. The highest BCUT2D eigenvalue weighted by Crippen LogP contribution is 2.33. The van der Waals surface area contributed by atoms with E-state index in [0.29, 0.717) is 6.04 Å². The number of nitrogens with zero attached hydrogens (tertiary/aromatic N) is 1. The van der Waals surface area contributed by atoms with Gasteiger partial charge in [0.25, 0.3) is 0 Å². The summed E-state index contributed by atoms with van der Waals surface area (Å²) in [5, 5.41) is 16.7. The Bertz CT molecular complexity index is 445. The van der Waals surface area contributed by atoms with Crippen molar-refractivity contribution < 1.29 is 5.11 Å². The van der Waals surface area contributed by atoms with Gasteiger partial charge in [0.2, 0.25) is 0 Å². The van der Waals surface area contributed by atoms with Crippen LogP contribution in [-0.2, 0) is 6.54 Å². The molecule has 2 N–H and O–H groups in total. The molecule has 0 unspecified atom stereocenters. The number of thiophene rings is 1. The summed E-state index contributed by atoms with van der Waals surface area (Å²) in [6.07, 6.45) is 5.81. The summed E-state index contributed by atoms with van der Waals surface area (Å²) < 4.78 is 0. The highest BCUT2D eigenvalue weighted by molar-refractivity contribution is 7.10. The molecule has 1 aromatic rings. The largest absolute Gasteiger partial charge is 0.387 e. The number of hydrogen-bond donors (Lipinski definition) is 2. The summed E-state index contributed by atoms with van der Waals surface area (Å²) >= 11 is 1.80. The third-order valence-electron chi connectivity index (χ3n) is 4.97. The Morgan fingerprint density at radius 2 is 2.25 bits per heavy atom. The molecule has 0 radical (unpaired) electrons. The summed E-state index contributed by atoms with van der Waals surface area (Å²) in [5.74, 6) is 0. The predicted molar refractivity (Wildman–Crippen MR) is 84.2 cm³/mol. The van der Waals surface area contributed by atoms with Crippen molar-refractivity contribution in [3.63, 3.8) is 0 Å². The molecule has 0 spiro atoms. The molecule has 0 bridgehead atoms. The first-order valence-electron chi connectivity index (χ1n) is 7.89. The maximum Gasteiger partial charge on any atom is 0.0926 e. The summed E-state index contributed by atoms with van der Waals surface area (Å²) in [6, 6.07) is 2.54. The monoisotopic (exact) mass is 294 g/mol. The lowest BCUT2D eigenvalue weighted by atomic mass is 9.79. The predicted octanol–water partition coefficient (Wildman–Crippen LogP) is 2.53. The highest BCUT2D eigenvalue weighted by Gasteiger charge is 2.43. The van der Waals surface area contributed by atoms with Crippen LogP contribution in [0, 0.1) is 6.92 Å². The van der Waals surface area contributed by atoms with E-state index in [-0.39, 0.29) is 0 Å². The number of rotatable bonds is 4. The zero-order chi connectivity index (χ0) is 14.0. The van der Waals surface area contributed by atoms with Gasteiger partial charge < -0.3 is 10.4 Å². The van der Waals surface area contributed by atoms with Gasteiger partial charge in [0, 0.05) is 24.0 Å². The maximum atomic E-state index is 11.1. The normalized spacial score (nSPS) is 31.2. The van der Waals surface area contributed by atoms with Crippen LogP contribution in [0.4, 0.5) is 0 Å². The zero-order valence-electron chi connectivity index (χ0n) is 12.4. The molecule has 3 rings (SSSR count). The molecule has 2 saturated heterocycles. The van der Waals surface area contributed by atoms with Crippen LogP contribution in [-0.4, -0.2) is 41.3 Å². The average Bonchev–Trinajstić information content (AvgIpc) is 2.85. The fourth-order valence-corrected chi connectivity index (χ4v) is 4.68. The molecule has 0 saturated carbocycles. The van der Waals surface area contributed by atoms with Gasteiger partial charge in [0.05, 0.1) is 5.60 Å². The van der Waals surface area contributed by atoms with E-state index in [9.17, 15) is 5.11 Å². The van der Waals surface area contributed by atoms with E-state index in [1.807, 2.05) is 0 Å². The van der Waals surface area contributed by atoms with Crippen LogP contribution in [0.3, 0.4) is 0 Å². The summed E-state index contributed by atoms with van der Waals surface area (Å²) in [6.45, 7) is 6.13. The number of aryl methyl sites for hydroxylation is 1. The smallest absolute Gasteiger partial charge is 0.0926 e. The number of fused-ring (bicyclic) bond motifs is 1. The summed E-state index contributed by atoms with van der Waals surface area (Å²) in [4.78, 5) is 3.91. The fourth-order valence-electron chi connectivity index (χ4n) is 3.81. The molecule has 1 aromatic heterocycles. The van der Waals surface area contributed by atoms with Crippen LogP contribution in [0.15, 0.2) is 11.4 Å². The van der Waals surface area contributed by atoms with E-state index < -0.39 is 5.60 Å². The van der Waals surface area contributed by atoms with Crippen molar-refractivity contribution in [2.45, 2.75) is 57.2 Å². The molecule has 3 nitrogen and oxygen atoms in total. The van der Waals surface area contributed by atoms with Gasteiger partial charge in [-0.2, -0.15) is 0 Å². The highest BCUT2D eigenvalue weighted by atomic mass is 32.1. The van der Waals surface area contributed by atoms with Crippen LogP contribution < -0.4 is 5.32 Å². The minimum absolute atomic E-state index is 0.377. The first-order valence-corrected chi connectivity index (χ1v) is 8.77. The second-order valence-electron chi connectivity index (χ2n) is 6.39. The van der Waals surface area contributed by atoms with Gasteiger partial charge in [0.1, 0.15) is 0 Å². The van der Waals surface area contributed by atoms with Gasteiger partial charge in [-0.1, -0.05) is 6.42 Å². The Hall–Kier alpha value is -0.420. The van der Waals surface area contributed by atoms with Gasteiger partial charge in [-0.15, -0.1) is 11.3 Å². The summed E-state index contributed by atoms with van der Waals surface area (Å²) in [7, 11) is 0. The molecular weight excluding hydrogens is 268 g/mol. The molecule has 4 heteroatoms. The van der Waals surface area contributed by atoms with Crippen molar-refractivity contribution in [3.05, 3.63) is 21.9 Å². The molecule has 0 amide bonds. The van der Waals surface area contributed by atoms with E-state index in [1.54, 1.807) is 11.3 Å². The number of hydrogen-bond acceptors (Lipinski definition) is 4. The first kappa shape index (κ1) is 14.5. The molecule has 20 heavy (non-hydrogen) atoms. The van der Waals surface area contributed by atoms with Gasteiger partial charge in [0.15, 0.2) is 0 Å². The first-order chi connectivity index (χ1) is 9.69. The Labute approximate surface area is 126 Å². The van der Waals surface area contributed by atoms with E-state index >= 15 is 0 Å². The van der Waals surface area contributed by atoms with Crippen molar-refractivity contribution in [1.29, 1.82) is 0 Å². The van der Waals surface area contributed by atoms with E-state index in [2.05, 4.69) is 28.6 Å². The van der Waals surface area contributed by atoms with Crippen LogP contribution in [0.1, 0.15) is 42.5 Å². The molecular formula is C16H26N2OS. The lowest BCUT2D eigenvalue weighted by Crippen LogP contribution is -2.62. The second-order valence-corrected chi connectivity index (χ2v) is 7.39. The van der Waals surface area contributed by atoms with E-state index in [0.717, 1.165) is 32.4 Å². The van der Waals surface area contributed by atoms with Gasteiger partial charge in [-0.3, -0.25) is 4.90 Å². The third kappa shape index (κ3) is 2.93. The molecule has 112 valence electrons. The molecule has 2 atom stereocenters. The number of nitrogens with one attached hydrogen (secondary N) is 1. The lowest BCUT2D eigenvalue weighted by molar-refractivity contribution is -0.0919. The van der Waals surface area contributed by atoms with Crippen molar-refractivity contribution in [2.75, 3.05) is 19.6 Å². The van der Waals surface area contributed by atoms with E-state index in [1.165, 1.54) is 36.4 Å². The molecule has 0 aromatic carbocycles. The van der Waals surface area contributed by atoms with Crippen LogP contribution in [0.2, 0.25) is 0 Å². The second kappa shape index (κ2) is 6.14. The Balaban J connectivity index is 1.58. The number of piperidine rings is 2. The topological polar surface area (TPSA) is 35.5 Å². The molecule has 2 aliphatic rings. The summed E-state index contributed by atoms with van der Waals surface area (Å²) in [5.41, 5.74) is 0.835. The van der Waals surface area contributed by atoms with Crippen LogP contribution >= 0.6 is 11.3 Å². The van der Waals surface area contributed by atoms with E-state index in [4.69, 9.17) is 0 Å². The standard InChI is InChI=1S/C16H26N2OS/c1-13-6-10-20-14(13)11-17-12-16(19)7-4-9-18-8-3-2-5-15(16)18/h6,10,15,17,19H,2-5,7-9,11-12H2,1H3/t15-,16-/m1/s1. The minimum atomic E-state index is -0.524. The number of aliphatic hydroxyl groups is 1. The van der Waals surface area contributed by atoms with Gasteiger partial charge in [-0.25, -0.2) is 0 Å². The van der Waals surface area contributed by atoms with Crippen LogP contribution in [0.25, 0.3) is 0 Å². The molecule has 0 aliphatic carbocycles. The molecule has 2 fully saturated rings. The lowest BCUT2D eigenvalue weighted by Gasteiger charge is -2.49. The Morgan fingerprint density at radius 1 is 1.40 bits per heavy atom.